The van der Waals surface area contributed by atoms with Crippen molar-refractivity contribution in [1.82, 2.24) is 4.98 Å². The number of anilines is 1. The molecule has 3 nitrogen and oxygen atoms in total. The zero-order valence-corrected chi connectivity index (χ0v) is 11.5. The van der Waals surface area contributed by atoms with Gasteiger partial charge < -0.3 is 15.0 Å². The fourth-order valence-electron chi connectivity index (χ4n) is 1.85. The summed E-state index contributed by atoms with van der Waals surface area (Å²) < 4.78 is 7.87. The Kier molecular flexibility index (Phi) is 2.31. The number of hydrogen-bond donors (Lipinski definition) is 2. The van der Waals surface area contributed by atoms with Gasteiger partial charge in [-0.25, -0.2) is 0 Å². The Balaban J connectivity index is 2.42. The number of hydrogen-bond acceptors (Lipinski definition) is 2. The van der Waals surface area contributed by atoms with E-state index >= 15 is 0 Å². The van der Waals surface area contributed by atoms with Crippen molar-refractivity contribution in [2.45, 2.75) is 0 Å². The molecule has 0 atom stereocenters. The highest BCUT2D eigenvalue weighted by atomic mass is 127. The van der Waals surface area contributed by atoms with Crippen LogP contribution < -0.4 is 10.1 Å². The Morgan fingerprint density at radius 2 is 2.27 bits per heavy atom. The van der Waals surface area contributed by atoms with Crippen molar-refractivity contribution < 1.29 is 4.74 Å². The van der Waals surface area contributed by atoms with E-state index in [1.165, 1.54) is 0 Å². The fraction of sp³-hybridized carbons (Fsp3) is 0.200. The zero-order chi connectivity index (χ0) is 10.4. The molecule has 0 bridgehead atoms. The third-order valence-electron chi connectivity index (χ3n) is 2.44. The van der Waals surface area contributed by atoms with Gasteiger partial charge in [0.05, 0.1) is 16.6 Å². The van der Waals surface area contributed by atoms with E-state index in [1.807, 2.05) is 6.07 Å². The Labute approximate surface area is 109 Å². The first kappa shape index (κ1) is 9.77. The largest absolute Gasteiger partial charge is 0.491 e. The predicted octanol–water partition coefficient (Wildman–Crippen LogP) is 3.34. The number of H-pyrrole nitrogens is 1. The van der Waals surface area contributed by atoms with Crippen LogP contribution in [0.5, 0.6) is 5.75 Å². The van der Waals surface area contributed by atoms with Crippen LogP contribution in [0.15, 0.2) is 16.6 Å². The van der Waals surface area contributed by atoms with Gasteiger partial charge in [-0.3, -0.25) is 0 Å². The van der Waals surface area contributed by atoms with E-state index in [0.29, 0.717) is 6.61 Å². The highest BCUT2D eigenvalue weighted by Gasteiger charge is 2.17. The smallest absolute Gasteiger partial charge is 0.132 e. The summed E-state index contributed by atoms with van der Waals surface area (Å²) in [5.41, 5.74) is 2.26. The number of halogens is 2. The molecule has 2 heterocycles. The number of aromatic nitrogens is 1. The van der Waals surface area contributed by atoms with Crippen LogP contribution >= 0.6 is 38.5 Å². The van der Waals surface area contributed by atoms with Gasteiger partial charge in [0.1, 0.15) is 16.1 Å². The second kappa shape index (κ2) is 3.55. The van der Waals surface area contributed by atoms with Gasteiger partial charge in [0.2, 0.25) is 0 Å². The molecular formula is C10H8BrIN2O. The van der Waals surface area contributed by atoms with E-state index in [2.05, 4.69) is 54.9 Å². The average molecular weight is 379 g/mol. The summed E-state index contributed by atoms with van der Waals surface area (Å²) in [6.07, 6.45) is 0. The minimum Gasteiger partial charge on any atom is -0.491 e. The summed E-state index contributed by atoms with van der Waals surface area (Å²) in [6.45, 7) is 1.55. The molecule has 3 rings (SSSR count). The van der Waals surface area contributed by atoms with Crippen molar-refractivity contribution in [1.29, 1.82) is 0 Å². The molecule has 1 aromatic carbocycles. The topological polar surface area (TPSA) is 37.0 Å². The molecule has 1 aromatic heterocycles. The van der Waals surface area contributed by atoms with E-state index in [9.17, 15) is 0 Å². The highest BCUT2D eigenvalue weighted by Crippen LogP contribution is 2.39. The molecule has 0 aliphatic carbocycles. The second-order valence-corrected chi connectivity index (χ2v) is 5.41. The third-order valence-corrected chi connectivity index (χ3v) is 3.71. The Hall–Kier alpha value is -0.430. The van der Waals surface area contributed by atoms with Crippen molar-refractivity contribution in [2.24, 2.45) is 0 Å². The number of aromatic amines is 1. The molecule has 2 N–H and O–H groups in total. The lowest BCUT2D eigenvalue weighted by atomic mass is 10.2. The van der Waals surface area contributed by atoms with Gasteiger partial charge in [-0.15, -0.1) is 0 Å². The van der Waals surface area contributed by atoms with E-state index in [1.54, 1.807) is 0 Å². The van der Waals surface area contributed by atoms with Crippen LogP contribution in [0.1, 0.15) is 0 Å². The van der Waals surface area contributed by atoms with E-state index in [-0.39, 0.29) is 0 Å². The fourth-order valence-corrected chi connectivity index (χ4v) is 3.03. The summed E-state index contributed by atoms with van der Waals surface area (Å²) in [4.78, 5) is 3.34. The molecule has 0 saturated heterocycles. The standard InChI is InChI=1S/C10H8BrIN2O/c11-5-3-6-8-7(4-5)15-2-1-13-9(8)10(12)14-6/h3-4,13-14H,1-2H2. The maximum absolute atomic E-state index is 5.70. The molecule has 2 aromatic rings. The molecule has 0 spiro atoms. The summed E-state index contributed by atoms with van der Waals surface area (Å²) >= 11 is 5.79. The Morgan fingerprint density at radius 3 is 3.13 bits per heavy atom. The zero-order valence-electron chi connectivity index (χ0n) is 7.73. The van der Waals surface area contributed by atoms with Crippen LogP contribution in [0.25, 0.3) is 10.9 Å². The second-order valence-electron chi connectivity index (χ2n) is 3.42. The van der Waals surface area contributed by atoms with Gasteiger partial charge in [-0.2, -0.15) is 0 Å². The first-order chi connectivity index (χ1) is 7.25. The van der Waals surface area contributed by atoms with Crippen LogP contribution in [-0.4, -0.2) is 18.1 Å². The number of nitrogens with one attached hydrogen (secondary N) is 2. The van der Waals surface area contributed by atoms with E-state index in [4.69, 9.17) is 4.74 Å². The monoisotopic (exact) mass is 378 g/mol. The van der Waals surface area contributed by atoms with Crippen molar-refractivity contribution in [3.05, 3.63) is 20.3 Å². The van der Waals surface area contributed by atoms with Crippen molar-refractivity contribution >= 4 is 55.1 Å². The number of benzene rings is 1. The maximum Gasteiger partial charge on any atom is 0.132 e. The summed E-state index contributed by atoms with van der Waals surface area (Å²) in [7, 11) is 0. The minimum absolute atomic E-state index is 0.705. The summed E-state index contributed by atoms with van der Waals surface area (Å²) in [5.74, 6) is 0.943. The van der Waals surface area contributed by atoms with Gasteiger partial charge in [0, 0.05) is 11.0 Å². The summed E-state index contributed by atoms with van der Waals surface area (Å²) in [6, 6.07) is 4.09. The minimum atomic E-state index is 0.705. The Morgan fingerprint density at radius 1 is 1.40 bits per heavy atom. The molecule has 0 saturated carbocycles. The van der Waals surface area contributed by atoms with Crippen LogP contribution in [0.2, 0.25) is 0 Å². The highest BCUT2D eigenvalue weighted by molar-refractivity contribution is 14.1. The van der Waals surface area contributed by atoms with Crippen molar-refractivity contribution in [3.8, 4) is 5.75 Å². The molecule has 0 amide bonds. The lowest BCUT2D eigenvalue weighted by molar-refractivity contribution is 0.339. The van der Waals surface area contributed by atoms with E-state index < -0.39 is 0 Å². The molecule has 0 radical (unpaired) electrons. The molecule has 15 heavy (non-hydrogen) atoms. The van der Waals surface area contributed by atoms with Crippen molar-refractivity contribution in [2.75, 3.05) is 18.5 Å². The average Bonchev–Trinajstić information content (AvgIpc) is 2.39. The van der Waals surface area contributed by atoms with Gasteiger partial charge in [0.15, 0.2) is 0 Å². The third kappa shape index (κ3) is 1.52. The van der Waals surface area contributed by atoms with Crippen LogP contribution in [0.4, 0.5) is 5.69 Å². The van der Waals surface area contributed by atoms with Crippen molar-refractivity contribution in [3.63, 3.8) is 0 Å². The summed E-state index contributed by atoms with van der Waals surface area (Å²) in [5, 5.41) is 4.53. The predicted molar refractivity (Wildman–Crippen MR) is 72.7 cm³/mol. The van der Waals surface area contributed by atoms with Crippen LogP contribution in [0, 0.1) is 3.70 Å². The number of ether oxygens (including phenoxy) is 1. The SMILES string of the molecule is Brc1cc2c3c(c(I)[nH]c3c1)NCCO2. The van der Waals surface area contributed by atoms with Gasteiger partial charge in [-0.1, -0.05) is 15.9 Å². The molecule has 5 heteroatoms. The molecule has 0 fully saturated rings. The molecular weight excluding hydrogens is 371 g/mol. The van der Waals surface area contributed by atoms with Gasteiger partial charge in [0.25, 0.3) is 0 Å². The molecule has 1 aliphatic rings. The lowest BCUT2D eigenvalue weighted by Crippen LogP contribution is -2.08. The molecule has 78 valence electrons. The number of rotatable bonds is 0. The Bertz CT molecular complexity index is 538. The van der Waals surface area contributed by atoms with E-state index in [0.717, 1.165) is 37.1 Å². The van der Waals surface area contributed by atoms with Gasteiger partial charge >= 0.3 is 0 Å². The quantitative estimate of drug-likeness (QED) is 0.690. The van der Waals surface area contributed by atoms with Crippen LogP contribution in [0.3, 0.4) is 0 Å². The first-order valence-electron chi connectivity index (χ1n) is 4.63. The first-order valence-corrected chi connectivity index (χ1v) is 6.50. The van der Waals surface area contributed by atoms with Crippen LogP contribution in [-0.2, 0) is 0 Å². The lowest BCUT2D eigenvalue weighted by Gasteiger charge is -2.03. The molecule has 1 aliphatic heterocycles. The normalized spacial score (nSPS) is 14.5. The molecule has 0 unspecified atom stereocenters. The van der Waals surface area contributed by atoms with Gasteiger partial charge in [-0.05, 0) is 34.7 Å². The maximum atomic E-state index is 5.70.